The first-order chi connectivity index (χ1) is 5.29. The maximum atomic E-state index is 10.5. The topological polar surface area (TPSA) is 26.3 Å². The Labute approximate surface area is 97.5 Å². The van der Waals surface area contributed by atoms with Crippen molar-refractivity contribution >= 4 is 9.04 Å². The minimum absolute atomic E-state index is 0. The van der Waals surface area contributed by atoms with Gasteiger partial charge >= 0.3 is 78.8 Å². The molecule has 12 heavy (non-hydrogen) atoms. The van der Waals surface area contributed by atoms with Crippen LogP contribution in [-0.4, -0.2) is 5.97 Å². The molecule has 0 amide bonds. The maximum absolute atomic E-state index is 10.5. The summed E-state index contributed by atoms with van der Waals surface area (Å²) in [6, 6.07) is 9.94. The Morgan fingerprint density at radius 2 is 1.92 bits per heavy atom. The van der Waals surface area contributed by atoms with Crippen LogP contribution in [0.3, 0.4) is 0 Å². The molecule has 0 aromatic heterocycles. The summed E-state index contributed by atoms with van der Waals surface area (Å²) in [5.41, 5.74) is 0. The second kappa shape index (κ2) is 6.73. The van der Waals surface area contributed by atoms with Crippen molar-refractivity contribution in [2.45, 2.75) is 6.92 Å². The Bertz CT molecular complexity index is 238. The van der Waals surface area contributed by atoms with Crippen LogP contribution in [0.25, 0.3) is 0 Å². The van der Waals surface area contributed by atoms with Crippen molar-refractivity contribution in [1.29, 1.82) is 0 Å². The van der Waals surface area contributed by atoms with Crippen molar-refractivity contribution in [2.75, 3.05) is 0 Å². The van der Waals surface area contributed by atoms with Crippen molar-refractivity contribution in [2.24, 2.45) is 0 Å². The van der Waals surface area contributed by atoms with Gasteiger partial charge in [0.1, 0.15) is 0 Å². The molecule has 0 bridgehead atoms. The number of rotatable bonds is 2. The number of hydrogen-bond acceptors (Lipinski definition) is 2. The number of benzene rings is 1. The molecule has 0 saturated heterocycles. The van der Waals surface area contributed by atoms with Crippen LogP contribution in [0, 0.1) is 0 Å². The van der Waals surface area contributed by atoms with Gasteiger partial charge in [0.15, 0.2) is 0 Å². The van der Waals surface area contributed by atoms with E-state index in [-0.39, 0.29) is 25.4 Å². The van der Waals surface area contributed by atoms with Gasteiger partial charge in [0.05, 0.1) is 0 Å². The van der Waals surface area contributed by atoms with Gasteiger partial charge in [0.2, 0.25) is 0 Å². The Kier molecular flexibility index (Phi) is 6.87. The molecule has 4 heteroatoms. The summed E-state index contributed by atoms with van der Waals surface area (Å²) >= 11 is -1.52. The van der Waals surface area contributed by atoms with Crippen LogP contribution in [0.4, 0.5) is 0 Å². The van der Waals surface area contributed by atoms with Gasteiger partial charge in [-0.2, -0.15) is 0 Å². The molecule has 1 rings (SSSR count). The van der Waals surface area contributed by atoms with E-state index in [0.717, 1.165) is 0 Å². The maximum Gasteiger partial charge on any atom is 0 e. The van der Waals surface area contributed by atoms with Gasteiger partial charge in [-0.3, -0.25) is 0 Å². The van der Waals surface area contributed by atoms with E-state index in [4.69, 9.17) is 2.64 Å². The Morgan fingerprint density at radius 1 is 1.33 bits per heavy atom. The summed E-state index contributed by atoms with van der Waals surface area (Å²) in [4.78, 5) is 10.5. The summed E-state index contributed by atoms with van der Waals surface area (Å²) in [5, 5.41) is 0. The Morgan fingerprint density at radius 3 is 2.42 bits per heavy atom. The minimum Gasteiger partial charge on any atom is 0 e. The van der Waals surface area contributed by atoms with Gasteiger partial charge in [0.25, 0.3) is 0 Å². The fraction of sp³-hybridized carbons (Fsp3) is 0.125. The van der Waals surface area contributed by atoms with E-state index in [1.165, 1.54) is 10.00 Å². The normalized spacial score (nSPS) is 7.75. The third-order valence-electron chi connectivity index (χ3n) is 1.28. The smallest absolute Gasteiger partial charge is 0 e. The molecule has 0 saturated carbocycles. The van der Waals surface area contributed by atoms with E-state index in [0.29, 0.717) is 0 Å². The van der Waals surface area contributed by atoms with E-state index in [9.17, 15) is 4.79 Å². The van der Waals surface area contributed by atoms with Crippen LogP contribution in [0.2, 0.25) is 0 Å². The van der Waals surface area contributed by atoms with Crippen LogP contribution in [0.5, 0.6) is 0 Å². The van der Waals surface area contributed by atoms with E-state index >= 15 is 0 Å². The SMILES string of the molecule is CC(=O)[O][Hg][c]1ccccc1.[Zn]. The fourth-order valence-corrected chi connectivity index (χ4v) is 4.00. The zero-order valence-corrected chi connectivity index (χ0v) is 15.6. The largest absolute Gasteiger partial charge is 0 e. The molecule has 1 aromatic carbocycles. The molecule has 0 aliphatic rings. The predicted octanol–water partition coefficient (Wildman–Crippen LogP) is 0.870. The van der Waals surface area contributed by atoms with Crippen LogP contribution in [0.1, 0.15) is 6.92 Å². The first kappa shape index (κ1) is 12.2. The number of carbonyl (C=O) groups excluding carboxylic acids is 1. The molecule has 0 unspecified atom stereocenters. The summed E-state index contributed by atoms with van der Waals surface area (Å²) in [6.45, 7) is 1.46. The first-order valence-electron chi connectivity index (χ1n) is 3.46. The third kappa shape index (κ3) is 4.99. The fourth-order valence-electron chi connectivity index (χ4n) is 0.759. The van der Waals surface area contributed by atoms with E-state index in [1.807, 2.05) is 30.3 Å². The van der Waals surface area contributed by atoms with Gasteiger partial charge in [-0.1, -0.05) is 0 Å². The monoisotopic (exact) mass is 402 g/mol. The van der Waals surface area contributed by atoms with Crippen molar-refractivity contribution in [3.8, 4) is 0 Å². The molecular weight excluding hydrogens is 394 g/mol. The Hall–Kier alpha value is 0.248. The quantitative estimate of drug-likeness (QED) is 0.687. The zero-order chi connectivity index (χ0) is 8.10. The van der Waals surface area contributed by atoms with E-state index in [1.54, 1.807) is 0 Å². The molecule has 56 valence electrons. The first-order valence-corrected chi connectivity index (χ1v) is 8.45. The second-order valence-corrected chi connectivity index (χ2v) is 7.68. The molecule has 0 radical (unpaired) electrons. The van der Waals surface area contributed by atoms with Gasteiger partial charge in [0, 0.05) is 19.5 Å². The van der Waals surface area contributed by atoms with E-state index in [2.05, 4.69) is 0 Å². The van der Waals surface area contributed by atoms with Gasteiger partial charge in [-0.15, -0.1) is 0 Å². The predicted molar refractivity (Wildman–Crippen MR) is 37.8 cm³/mol. The Balaban J connectivity index is 0.00000121. The third-order valence-corrected chi connectivity index (χ3v) is 6.55. The summed E-state index contributed by atoms with van der Waals surface area (Å²) < 4.78 is 6.25. The van der Waals surface area contributed by atoms with Crippen LogP contribution < -0.4 is 3.07 Å². The average Bonchev–Trinajstić information content (AvgIpc) is 2.03. The van der Waals surface area contributed by atoms with Crippen molar-refractivity contribution in [3.05, 3.63) is 30.3 Å². The second-order valence-electron chi connectivity index (χ2n) is 2.27. The molecule has 0 aliphatic heterocycles. The van der Waals surface area contributed by atoms with Crippen LogP contribution in [0.15, 0.2) is 30.3 Å². The number of hydrogen-bond donors (Lipinski definition) is 0. The summed E-state index contributed by atoms with van der Waals surface area (Å²) in [7, 11) is 0. The van der Waals surface area contributed by atoms with Crippen molar-refractivity contribution < 1.29 is 51.9 Å². The summed E-state index contributed by atoms with van der Waals surface area (Å²) in [5.74, 6) is -0.143. The van der Waals surface area contributed by atoms with Crippen molar-refractivity contribution in [1.82, 2.24) is 0 Å². The van der Waals surface area contributed by atoms with Gasteiger partial charge < -0.3 is 0 Å². The van der Waals surface area contributed by atoms with Crippen LogP contribution >= 0.6 is 0 Å². The standard InChI is InChI=1S/C6H5.C2H4O2.Hg.Zn/c1-2-4-6-5-3-1;1-2(3)4;;/h1-5H;1H3,(H,3,4);;/q;;+1;/p-1. The summed E-state index contributed by atoms with van der Waals surface area (Å²) in [6.07, 6.45) is 0. The molecule has 0 atom stereocenters. The zero-order valence-electron chi connectivity index (χ0n) is 7.12. The molecule has 0 aliphatic carbocycles. The molecule has 1 aromatic rings. The molecule has 0 N–H and O–H groups in total. The van der Waals surface area contributed by atoms with Gasteiger partial charge in [-0.05, 0) is 0 Å². The molecule has 0 heterocycles. The molecule has 2 nitrogen and oxygen atoms in total. The van der Waals surface area contributed by atoms with E-state index < -0.39 is 25.0 Å². The molecule has 0 fully saturated rings. The average molecular weight is 402 g/mol. The molecule has 0 spiro atoms. The van der Waals surface area contributed by atoms with Crippen molar-refractivity contribution in [3.63, 3.8) is 0 Å². The minimum atomic E-state index is -1.52. The van der Waals surface area contributed by atoms with Crippen LogP contribution in [-0.2, 0) is 51.9 Å². The van der Waals surface area contributed by atoms with Gasteiger partial charge in [-0.25, -0.2) is 0 Å². The molecular formula is C8H8HgO2Zn. The number of carbonyl (C=O) groups is 1.